The minimum Gasteiger partial charge on any atom is -0.508 e. The van der Waals surface area contributed by atoms with Gasteiger partial charge in [0.25, 0.3) is 0 Å². The lowest BCUT2D eigenvalue weighted by Gasteiger charge is -2.48. The first-order valence-electron chi connectivity index (χ1n) is 20.1. The molecule has 2 N–H and O–H groups in total. The molecule has 2 saturated heterocycles. The number of halogens is 2. The van der Waals surface area contributed by atoms with E-state index in [-0.39, 0.29) is 75.1 Å². The van der Waals surface area contributed by atoms with E-state index in [9.17, 15) is 10.2 Å². The molecule has 0 amide bonds. The van der Waals surface area contributed by atoms with Crippen LogP contribution >= 0.6 is 0 Å². The van der Waals surface area contributed by atoms with Gasteiger partial charge in [0.15, 0.2) is 5.82 Å². The maximum atomic E-state index is 17.4. The fraction of sp³-hybridized carbons (Fsp3) is 0.568. The number of aliphatic hydroxyl groups is 1. The average Bonchev–Trinajstić information content (AvgIpc) is 3.52. The summed E-state index contributed by atoms with van der Waals surface area (Å²) >= 11 is 0. The van der Waals surface area contributed by atoms with Crippen molar-refractivity contribution in [3.63, 3.8) is 0 Å². The third-order valence-corrected chi connectivity index (χ3v) is 13.0. The monoisotopic (exact) mass is 769 g/mol. The first kappa shape index (κ1) is 38.6. The summed E-state index contributed by atoms with van der Waals surface area (Å²) in [5.41, 5.74) is -1.26. The predicted molar refractivity (Wildman–Crippen MR) is 212 cm³/mol. The number of hydrogen-bond acceptors (Lipinski definition) is 10. The molecule has 3 atom stereocenters. The summed E-state index contributed by atoms with van der Waals surface area (Å²) in [6.45, 7) is 9.93. The van der Waals surface area contributed by atoms with Gasteiger partial charge in [0.1, 0.15) is 39.6 Å². The molecule has 2 aliphatic carbocycles. The number of pyridine rings is 1. The minimum atomic E-state index is -1.24. The second-order valence-electron chi connectivity index (χ2n) is 17.7. The Morgan fingerprint density at radius 2 is 1.79 bits per heavy atom. The smallest absolute Gasteiger partial charge is 0.319 e. The number of phenolic OH excluding ortho intramolecular Hbond substituents is 1. The van der Waals surface area contributed by atoms with E-state index in [1.54, 1.807) is 6.92 Å². The lowest BCUT2D eigenvalue weighted by molar-refractivity contribution is -0.0130. The van der Waals surface area contributed by atoms with Crippen molar-refractivity contribution in [3.8, 4) is 41.2 Å². The van der Waals surface area contributed by atoms with Gasteiger partial charge in [-0.3, -0.25) is 4.90 Å². The number of methoxy groups -OCH3 is 1. The molecule has 2 aromatic heterocycles. The highest BCUT2D eigenvalue weighted by molar-refractivity contribution is 6.04. The normalized spacial score (nSPS) is 25.9. The molecule has 56 heavy (non-hydrogen) atoms. The van der Waals surface area contributed by atoms with E-state index in [0.29, 0.717) is 42.5 Å². The molecular formula is C44H53F2N5O5. The van der Waals surface area contributed by atoms with Crippen molar-refractivity contribution < 1.29 is 33.2 Å². The van der Waals surface area contributed by atoms with E-state index in [2.05, 4.69) is 29.7 Å². The Morgan fingerprint density at radius 3 is 2.55 bits per heavy atom. The van der Waals surface area contributed by atoms with E-state index < -0.39 is 17.2 Å². The van der Waals surface area contributed by atoms with Gasteiger partial charge < -0.3 is 29.3 Å². The van der Waals surface area contributed by atoms with Gasteiger partial charge in [0, 0.05) is 35.5 Å². The Hall–Kier alpha value is -4.31. The summed E-state index contributed by atoms with van der Waals surface area (Å²) in [7, 11) is 1.41. The minimum absolute atomic E-state index is 0.00128. The van der Waals surface area contributed by atoms with Crippen molar-refractivity contribution in [1.29, 1.82) is 0 Å². The molecule has 12 heteroatoms. The maximum absolute atomic E-state index is 17.4. The van der Waals surface area contributed by atoms with Crippen molar-refractivity contribution >= 4 is 27.5 Å². The van der Waals surface area contributed by atoms with Gasteiger partial charge in [-0.25, -0.2) is 13.8 Å². The molecule has 0 spiro atoms. The Kier molecular flexibility index (Phi) is 10.3. The van der Waals surface area contributed by atoms with Gasteiger partial charge in [-0.15, -0.1) is 6.42 Å². The van der Waals surface area contributed by atoms with Crippen LogP contribution in [0, 0.1) is 40.7 Å². The first-order valence-corrected chi connectivity index (χ1v) is 20.1. The van der Waals surface area contributed by atoms with Crippen molar-refractivity contribution in [1.82, 2.24) is 19.9 Å². The molecule has 298 valence electrons. The number of β-amino-alcohol motifs (C(OH)–C–C–N with tert-alkyl or cyclic N) is 1. The first-order chi connectivity index (χ1) is 26.8. The van der Waals surface area contributed by atoms with Gasteiger partial charge in [-0.1, -0.05) is 32.3 Å². The third-order valence-electron chi connectivity index (χ3n) is 13.0. The lowest BCUT2D eigenvalue weighted by Crippen LogP contribution is -2.53. The van der Waals surface area contributed by atoms with Crippen LogP contribution in [0.5, 0.6) is 17.6 Å². The van der Waals surface area contributed by atoms with Gasteiger partial charge >= 0.3 is 6.01 Å². The van der Waals surface area contributed by atoms with Crippen LogP contribution in [0.2, 0.25) is 0 Å². The number of aromatic nitrogens is 3. The summed E-state index contributed by atoms with van der Waals surface area (Å²) in [5.74, 6) is 1.70. The quantitative estimate of drug-likeness (QED) is 0.174. The van der Waals surface area contributed by atoms with Gasteiger partial charge in [-0.05, 0) is 99.8 Å². The fourth-order valence-electron chi connectivity index (χ4n) is 10.1. The number of nitrogens with zero attached hydrogens (tertiary/aromatic N) is 5. The molecule has 8 rings (SSSR count). The zero-order valence-electron chi connectivity index (χ0n) is 33.0. The number of aromatic hydroxyl groups is 1. The van der Waals surface area contributed by atoms with Gasteiger partial charge in [0.05, 0.1) is 39.0 Å². The molecular weight excluding hydrogens is 717 g/mol. The molecule has 2 aromatic carbocycles. The molecule has 0 radical (unpaired) electrons. The van der Waals surface area contributed by atoms with Crippen LogP contribution in [0.4, 0.5) is 14.6 Å². The molecule has 3 unspecified atom stereocenters. The number of piperidine rings is 1. The largest absolute Gasteiger partial charge is 0.508 e. The van der Waals surface area contributed by atoms with Crippen molar-refractivity contribution in [2.24, 2.45) is 16.7 Å². The van der Waals surface area contributed by atoms with E-state index in [1.807, 2.05) is 4.90 Å². The predicted octanol–water partition coefficient (Wildman–Crippen LogP) is 7.64. The van der Waals surface area contributed by atoms with E-state index >= 15 is 8.78 Å². The molecule has 2 saturated carbocycles. The Balaban J connectivity index is 1.22. The number of rotatable bonds is 8. The van der Waals surface area contributed by atoms with Crippen LogP contribution in [0.25, 0.3) is 32.9 Å². The maximum Gasteiger partial charge on any atom is 0.319 e. The van der Waals surface area contributed by atoms with E-state index in [1.165, 1.54) is 57.1 Å². The zero-order chi connectivity index (χ0) is 39.4. The van der Waals surface area contributed by atoms with E-state index in [0.717, 1.165) is 45.2 Å². The lowest BCUT2D eigenvalue weighted by atomic mass is 9.72. The number of hydrogen-bond donors (Lipinski definition) is 2. The second-order valence-corrected chi connectivity index (χ2v) is 17.7. The van der Waals surface area contributed by atoms with Crippen molar-refractivity contribution in [2.75, 3.05) is 58.0 Å². The summed E-state index contributed by atoms with van der Waals surface area (Å²) in [6.07, 6.45) is 16.2. The highest BCUT2D eigenvalue weighted by atomic mass is 19.1. The summed E-state index contributed by atoms with van der Waals surface area (Å²) in [6, 6.07) is 5.82. The number of phenols is 1. The molecule has 10 nitrogen and oxygen atoms in total. The van der Waals surface area contributed by atoms with Crippen LogP contribution < -0.4 is 14.4 Å². The summed E-state index contributed by atoms with van der Waals surface area (Å²) in [4.78, 5) is 18.8. The number of anilines is 1. The summed E-state index contributed by atoms with van der Waals surface area (Å²) < 4.78 is 50.7. The number of fused-ring (bicyclic) bond motifs is 3. The molecule has 4 aliphatic rings. The molecule has 0 bridgehead atoms. The highest BCUT2D eigenvalue weighted by Crippen LogP contribution is 2.49. The van der Waals surface area contributed by atoms with Crippen LogP contribution in [-0.2, 0) is 4.74 Å². The molecule has 4 fully saturated rings. The third kappa shape index (κ3) is 7.22. The number of likely N-dealkylation sites (tertiary alicyclic amines) is 1. The molecule has 2 aliphatic heterocycles. The zero-order valence-corrected chi connectivity index (χ0v) is 33.0. The number of ether oxygens (including phenoxy) is 3. The average molecular weight is 770 g/mol. The Morgan fingerprint density at radius 1 is 1.00 bits per heavy atom. The van der Waals surface area contributed by atoms with Crippen LogP contribution in [0.15, 0.2) is 24.3 Å². The SMILES string of the molecule is C#Cc1c(F)ccc2cc(O)cc(-c3nc(OC)c4c(N5CCOCC(C)(O)C5)nc(OCC56CCCC5N(CC5CCC(C)(C)CC5)CCC6)nc4c3F)c12. The number of terminal acetylenes is 1. The van der Waals surface area contributed by atoms with Crippen LogP contribution in [0.3, 0.4) is 0 Å². The highest BCUT2D eigenvalue weighted by Gasteiger charge is 2.49. The van der Waals surface area contributed by atoms with Gasteiger partial charge in [0.2, 0.25) is 5.88 Å². The van der Waals surface area contributed by atoms with Crippen molar-refractivity contribution in [3.05, 3.63) is 41.5 Å². The second kappa shape index (κ2) is 14.9. The molecule has 4 heterocycles. The standard InChI is InChI=1S/C44H53F2N5O5/c1-6-30-32(45)11-10-28-21-29(52)22-31(34(28)30)37-36(46)38-35(40(47-37)54-5)39(51-19-20-55-25-43(4,53)24-51)49-41(48-38)56-26-44-14-7-9-33(44)50(18-8-15-44)23-27-12-16-42(2,3)17-13-27/h1,10-11,21-22,27,33,52-53H,7-9,12-20,23-26H2,2-5H3. The summed E-state index contributed by atoms with van der Waals surface area (Å²) in [5, 5.41) is 22.8. The Bertz CT molecular complexity index is 2180. The van der Waals surface area contributed by atoms with Crippen LogP contribution in [0.1, 0.15) is 84.1 Å². The van der Waals surface area contributed by atoms with Crippen molar-refractivity contribution in [2.45, 2.75) is 90.2 Å². The van der Waals surface area contributed by atoms with Crippen LogP contribution in [-0.4, -0.2) is 94.8 Å². The van der Waals surface area contributed by atoms with E-state index in [4.69, 9.17) is 30.6 Å². The molecule has 4 aromatic rings. The Labute approximate surface area is 327 Å². The van der Waals surface area contributed by atoms with Gasteiger partial charge in [-0.2, -0.15) is 9.97 Å². The number of benzene rings is 2. The fourth-order valence-corrected chi connectivity index (χ4v) is 10.1. The topological polar surface area (TPSA) is 113 Å².